The van der Waals surface area contributed by atoms with Gasteiger partial charge in [0, 0.05) is 25.5 Å². The lowest BCUT2D eigenvalue weighted by atomic mass is 10.2. The summed E-state index contributed by atoms with van der Waals surface area (Å²) in [5.41, 5.74) is -0.903. The summed E-state index contributed by atoms with van der Waals surface area (Å²) in [6, 6.07) is 0. The second kappa shape index (κ2) is 5.54. The molecule has 9 nitrogen and oxygen atoms in total. The highest BCUT2D eigenvalue weighted by molar-refractivity contribution is 6.01. The Hall–Kier alpha value is -3.05. The second-order valence-corrected chi connectivity index (χ2v) is 4.87. The summed E-state index contributed by atoms with van der Waals surface area (Å²) in [4.78, 5) is 32.0. The molecule has 0 aliphatic carbocycles. The molecule has 126 valence electrons. The maximum Gasteiger partial charge on any atom is 0.451 e. The molecule has 0 bridgehead atoms. The van der Waals surface area contributed by atoms with E-state index in [0.717, 1.165) is 21.9 Å². The van der Waals surface area contributed by atoms with Gasteiger partial charge in [-0.05, 0) is 0 Å². The zero-order valence-corrected chi connectivity index (χ0v) is 11.9. The van der Waals surface area contributed by atoms with Crippen LogP contribution in [0.3, 0.4) is 0 Å². The lowest BCUT2D eigenvalue weighted by Crippen LogP contribution is -2.40. The fraction of sp³-hybridized carbons (Fsp3) is 0.333. The number of nitrogens with zero attached hydrogens (tertiary/aromatic N) is 6. The molecule has 0 saturated carbocycles. The number of halogens is 3. The van der Waals surface area contributed by atoms with Crippen LogP contribution in [0.1, 0.15) is 32.6 Å². The molecule has 3 rings (SSSR count). The SMILES string of the molecule is O=C(O)c1nccnc1C(=O)N1CCn2c(nnc2C(F)(F)F)C1. The van der Waals surface area contributed by atoms with Gasteiger partial charge in [0.2, 0.25) is 5.82 Å². The van der Waals surface area contributed by atoms with Crippen molar-refractivity contribution in [2.45, 2.75) is 19.3 Å². The Kier molecular flexibility index (Phi) is 3.66. The molecule has 0 saturated heterocycles. The molecule has 0 atom stereocenters. The van der Waals surface area contributed by atoms with E-state index in [1.165, 1.54) is 0 Å². The Balaban J connectivity index is 1.88. The van der Waals surface area contributed by atoms with E-state index >= 15 is 0 Å². The van der Waals surface area contributed by atoms with E-state index < -0.39 is 29.6 Å². The quantitative estimate of drug-likeness (QED) is 0.842. The van der Waals surface area contributed by atoms with Gasteiger partial charge >= 0.3 is 12.1 Å². The van der Waals surface area contributed by atoms with Crippen LogP contribution in [0, 0.1) is 0 Å². The smallest absolute Gasteiger partial charge is 0.451 e. The highest BCUT2D eigenvalue weighted by Crippen LogP contribution is 2.29. The van der Waals surface area contributed by atoms with E-state index in [-0.39, 0.29) is 31.2 Å². The predicted octanol–water partition coefficient (Wildman–Crippen LogP) is 0.441. The fourth-order valence-electron chi connectivity index (χ4n) is 2.34. The van der Waals surface area contributed by atoms with Crippen molar-refractivity contribution in [1.82, 2.24) is 29.6 Å². The topological polar surface area (TPSA) is 114 Å². The van der Waals surface area contributed by atoms with Crippen molar-refractivity contribution in [3.8, 4) is 0 Å². The van der Waals surface area contributed by atoms with Crippen molar-refractivity contribution in [3.63, 3.8) is 0 Å². The van der Waals surface area contributed by atoms with Crippen molar-refractivity contribution in [3.05, 3.63) is 35.4 Å². The number of alkyl halides is 3. The lowest BCUT2D eigenvalue weighted by Gasteiger charge is -2.27. The third-order valence-corrected chi connectivity index (χ3v) is 3.40. The van der Waals surface area contributed by atoms with Crippen LogP contribution < -0.4 is 0 Å². The van der Waals surface area contributed by atoms with Crippen LogP contribution in [-0.2, 0) is 19.3 Å². The Labute approximate surface area is 131 Å². The minimum absolute atomic E-state index is 0.0392. The second-order valence-electron chi connectivity index (χ2n) is 4.87. The standard InChI is InChI=1S/C12H9F3N6O3/c13-12(14,15)11-19-18-6-5-20(3-4-21(6)11)9(22)7-8(10(23)24)17-2-1-16-7/h1-2H,3-5H2,(H,23,24). The van der Waals surface area contributed by atoms with E-state index in [0.29, 0.717) is 0 Å². The van der Waals surface area contributed by atoms with E-state index in [1.807, 2.05) is 0 Å². The van der Waals surface area contributed by atoms with Crippen molar-refractivity contribution < 1.29 is 27.9 Å². The van der Waals surface area contributed by atoms with Gasteiger partial charge in [-0.1, -0.05) is 0 Å². The molecule has 3 heterocycles. The van der Waals surface area contributed by atoms with Gasteiger partial charge in [-0.2, -0.15) is 13.2 Å². The van der Waals surface area contributed by atoms with Gasteiger partial charge in [-0.25, -0.2) is 14.8 Å². The molecule has 2 aromatic rings. The number of carbonyl (C=O) groups is 2. The number of aromatic carboxylic acids is 1. The van der Waals surface area contributed by atoms with Crippen LogP contribution in [0.25, 0.3) is 0 Å². The molecule has 1 aliphatic rings. The molecule has 0 spiro atoms. The first-order chi connectivity index (χ1) is 11.3. The molecule has 0 unspecified atom stereocenters. The van der Waals surface area contributed by atoms with Crippen LogP contribution in [0.15, 0.2) is 12.4 Å². The van der Waals surface area contributed by atoms with Gasteiger partial charge in [-0.15, -0.1) is 10.2 Å². The Morgan fingerprint density at radius 2 is 1.75 bits per heavy atom. The predicted molar refractivity (Wildman–Crippen MR) is 68.8 cm³/mol. The molecule has 1 aliphatic heterocycles. The van der Waals surface area contributed by atoms with Crippen molar-refractivity contribution >= 4 is 11.9 Å². The van der Waals surface area contributed by atoms with E-state index in [1.54, 1.807) is 0 Å². The Morgan fingerprint density at radius 1 is 1.08 bits per heavy atom. The Morgan fingerprint density at radius 3 is 2.38 bits per heavy atom. The number of amides is 1. The van der Waals surface area contributed by atoms with E-state index in [4.69, 9.17) is 5.11 Å². The summed E-state index contributed by atoms with van der Waals surface area (Å²) in [7, 11) is 0. The van der Waals surface area contributed by atoms with Crippen molar-refractivity contribution in [2.75, 3.05) is 6.54 Å². The summed E-state index contributed by atoms with van der Waals surface area (Å²) >= 11 is 0. The first kappa shape index (κ1) is 15.8. The van der Waals surface area contributed by atoms with E-state index in [9.17, 15) is 22.8 Å². The third-order valence-electron chi connectivity index (χ3n) is 3.40. The first-order valence-electron chi connectivity index (χ1n) is 6.62. The average molecular weight is 342 g/mol. The molecule has 24 heavy (non-hydrogen) atoms. The molecule has 0 fully saturated rings. The number of rotatable bonds is 2. The molecule has 0 aromatic carbocycles. The number of hydrogen-bond acceptors (Lipinski definition) is 6. The fourth-order valence-corrected chi connectivity index (χ4v) is 2.34. The third kappa shape index (κ3) is 2.66. The minimum Gasteiger partial charge on any atom is -0.476 e. The zero-order valence-electron chi connectivity index (χ0n) is 11.9. The maximum atomic E-state index is 12.8. The number of carbonyl (C=O) groups excluding carboxylic acids is 1. The highest BCUT2D eigenvalue weighted by Gasteiger charge is 2.40. The number of carboxylic acids is 1. The summed E-state index contributed by atoms with van der Waals surface area (Å²) in [5.74, 6) is -3.34. The van der Waals surface area contributed by atoms with Gasteiger partial charge in [0.25, 0.3) is 5.91 Å². The lowest BCUT2D eigenvalue weighted by molar-refractivity contribution is -0.147. The summed E-state index contributed by atoms with van der Waals surface area (Å²) in [6.07, 6.45) is -2.35. The van der Waals surface area contributed by atoms with Crippen LogP contribution >= 0.6 is 0 Å². The summed E-state index contributed by atoms with van der Waals surface area (Å²) < 4.78 is 39.2. The Bertz CT molecular complexity index is 819. The van der Waals surface area contributed by atoms with Gasteiger partial charge in [0.1, 0.15) is 0 Å². The van der Waals surface area contributed by atoms with Crippen molar-refractivity contribution in [1.29, 1.82) is 0 Å². The molecule has 2 aromatic heterocycles. The van der Waals surface area contributed by atoms with Crippen LogP contribution in [-0.4, -0.2) is 53.2 Å². The monoisotopic (exact) mass is 342 g/mol. The molecule has 0 radical (unpaired) electrons. The number of fused-ring (bicyclic) bond motifs is 1. The highest BCUT2D eigenvalue weighted by atomic mass is 19.4. The van der Waals surface area contributed by atoms with Gasteiger partial charge < -0.3 is 14.6 Å². The molecule has 1 amide bonds. The molecule has 1 N–H and O–H groups in total. The van der Waals surface area contributed by atoms with Crippen LogP contribution in [0.4, 0.5) is 13.2 Å². The van der Waals surface area contributed by atoms with Gasteiger partial charge in [0.15, 0.2) is 17.2 Å². The molecular formula is C12H9F3N6O3. The van der Waals surface area contributed by atoms with Crippen LogP contribution in [0.2, 0.25) is 0 Å². The minimum atomic E-state index is -4.64. The largest absolute Gasteiger partial charge is 0.476 e. The van der Waals surface area contributed by atoms with Crippen molar-refractivity contribution in [2.24, 2.45) is 0 Å². The molecular weight excluding hydrogens is 333 g/mol. The van der Waals surface area contributed by atoms with Gasteiger partial charge in [-0.3, -0.25) is 4.79 Å². The maximum absolute atomic E-state index is 12.8. The zero-order chi connectivity index (χ0) is 17.5. The summed E-state index contributed by atoms with van der Waals surface area (Å²) in [6.45, 7) is -0.467. The van der Waals surface area contributed by atoms with Gasteiger partial charge in [0.05, 0.1) is 6.54 Å². The number of aromatic nitrogens is 5. The molecule has 12 heteroatoms. The average Bonchev–Trinajstić information content (AvgIpc) is 2.97. The number of carboxylic acid groups (broad SMARTS) is 1. The number of hydrogen-bond donors (Lipinski definition) is 1. The normalized spacial score (nSPS) is 14.4. The first-order valence-corrected chi connectivity index (χ1v) is 6.62. The summed E-state index contributed by atoms with van der Waals surface area (Å²) in [5, 5.41) is 15.6. The van der Waals surface area contributed by atoms with E-state index in [2.05, 4.69) is 20.2 Å². The van der Waals surface area contributed by atoms with Crippen LogP contribution in [0.5, 0.6) is 0 Å².